The maximum absolute atomic E-state index is 13.7. The first-order valence-electron chi connectivity index (χ1n) is 7.65. The SMILES string of the molecule is COc1ccc(CN2CCN(C(=O)C3(N)CC3)CC2)cc1F.Cl.Cl. The molecule has 0 unspecified atom stereocenters. The summed E-state index contributed by atoms with van der Waals surface area (Å²) in [6, 6.07) is 5.03. The molecule has 1 aromatic carbocycles. The first kappa shape index (κ1) is 21.0. The van der Waals surface area contributed by atoms with Gasteiger partial charge in [-0.25, -0.2) is 4.39 Å². The summed E-state index contributed by atoms with van der Waals surface area (Å²) in [5, 5.41) is 0. The standard InChI is InChI=1S/C16H22FN3O2.2ClH/c1-22-14-3-2-12(10-13(14)17)11-19-6-8-20(9-7-19)15(21)16(18)4-5-16;;/h2-3,10H,4-9,11,18H2,1H3;2*1H. The van der Waals surface area contributed by atoms with E-state index in [0.29, 0.717) is 19.6 Å². The van der Waals surface area contributed by atoms with Crippen LogP contribution in [0.15, 0.2) is 18.2 Å². The van der Waals surface area contributed by atoms with Crippen molar-refractivity contribution in [3.8, 4) is 5.75 Å². The van der Waals surface area contributed by atoms with E-state index in [1.165, 1.54) is 13.2 Å². The number of methoxy groups -OCH3 is 1. The minimum absolute atomic E-state index is 0. The van der Waals surface area contributed by atoms with Crippen molar-refractivity contribution in [3.05, 3.63) is 29.6 Å². The van der Waals surface area contributed by atoms with Crippen LogP contribution in [0.4, 0.5) is 4.39 Å². The van der Waals surface area contributed by atoms with Crippen molar-refractivity contribution in [1.82, 2.24) is 9.80 Å². The van der Waals surface area contributed by atoms with E-state index in [9.17, 15) is 9.18 Å². The molecule has 1 aliphatic carbocycles. The molecule has 3 rings (SSSR count). The number of amides is 1. The van der Waals surface area contributed by atoms with Crippen LogP contribution in [-0.2, 0) is 11.3 Å². The number of benzene rings is 1. The molecule has 0 bridgehead atoms. The third-order valence-corrected chi connectivity index (χ3v) is 4.50. The highest BCUT2D eigenvalue weighted by Crippen LogP contribution is 2.34. The topological polar surface area (TPSA) is 58.8 Å². The van der Waals surface area contributed by atoms with Gasteiger partial charge < -0.3 is 15.4 Å². The predicted octanol–water partition coefficient (Wildman–Crippen LogP) is 1.81. The van der Waals surface area contributed by atoms with Crippen molar-refractivity contribution in [3.63, 3.8) is 0 Å². The molecule has 5 nitrogen and oxygen atoms in total. The summed E-state index contributed by atoms with van der Waals surface area (Å²) in [6.07, 6.45) is 1.61. The molecule has 1 aliphatic heterocycles. The molecule has 0 spiro atoms. The number of nitrogens with zero attached hydrogens (tertiary/aromatic N) is 2. The minimum Gasteiger partial charge on any atom is -0.494 e. The van der Waals surface area contributed by atoms with E-state index in [0.717, 1.165) is 31.5 Å². The van der Waals surface area contributed by atoms with Crippen molar-refractivity contribution >= 4 is 30.7 Å². The number of piperazine rings is 1. The smallest absolute Gasteiger partial charge is 0.242 e. The van der Waals surface area contributed by atoms with Crippen LogP contribution in [0.2, 0.25) is 0 Å². The molecule has 0 aromatic heterocycles. The summed E-state index contributed by atoms with van der Waals surface area (Å²) in [7, 11) is 1.46. The number of ether oxygens (including phenoxy) is 1. The van der Waals surface area contributed by atoms with Gasteiger partial charge in [0, 0.05) is 32.7 Å². The minimum atomic E-state index is -0.582. The van der Waals surface area contributed by atoms with Crippen LogP contribution in [0.25, 0.3) is 0 Å². The van der Waals surface area contributed by atoms with Crippen LogP contribution < -0.4 is 10.5 Å². The van der Waals surface area contributed by atoms with Crippen molar-refractivity contribution in [1.29, 1.82) is 0 Å². The first-order chi connectivity index (χ1) is 10.5. The Bertz CT molecular complexity index is 576. The van der Waals surface area contributed by atoms with E-state index < -0.39 is 5.54 Å². The Labute approximate surface area is 154 Å². The fraction of sp³-hybridized carbons (Fsp3) is 0.562. The van der Waals surface area contributed by atoms with Crippen LogP contribution in [0.5, 0.6) is 5.75 Å². The molecule has 2 N–H and O–H groups in total. The van der Waals surface area contributed by atoms with Crippen LogP contribution >= 0.6 is 24.8 Å². The predicted molar refractivity (Wildman–Crippen MR) is 95.5 cm³/mol. The monoisotopic (exact) mass is 379 g/mol. The summed E-state index contributed by atoms with van der Waals surface area (Å²) in [5.41, 5.74) is 6.30. The Morgan fingerprint density at radius 2 is 1.88 bits per heavy atom. The molecular formula is C16H24Cl2FN3O2. The zero-order chi connectivity index (χ0) is 15.7. The lowest BCUT2D eigenvalue weighted by Gasteiger charge is -2.36. The second-order valence-electron chi connectivity index (χ2n) is 6.19. The number of hydrogen-bond donors (Lipinski definition) is 1. The van der Waals surface area contributed by atoms with Gasteiger partial charge in [-0.1, -0.05) is 6.07 Å². The zero-order valence-corrected chi connectivity index (χ0v) is 15.3. The molecular weight excluding hydrogens is 356 g/mol. The van der Waals surface area contributed by atoms with Crippen LogP contribution in [0.3, 0.4) is 0 Å². The van der Waals surface area contributed by atoms with Gasteiger partial charge in [0.2, 0.25) is 5.91 Å². The Morgan fingerprint density at radius 3 is 2.38 bits per heavy atom. The highest BCUT2D eigenvalue weighted by molar-refractivity contribution is 5.89. The number of carbonyl (C=O) groups excluding carboxylic acids is 1. The number of nitrogens with two attached hydrogens (primary N) is 1. The van der Waals surface area contributed by atoms with Crippen molar-refractivity contribution < 1.29 is 13.9 Å². The van der Waals surface area contributed by atoms with Crippen LogP contribution in [-0.4, -0.2) is 54.5 Å². The number of carbonyl (C=O) groups is 1. The fourth-order valence-corrected chi connectivity index (χ4v) is 2.84. The lowest BCUT2D eigenvalue weighted by atomic mass is 10.1. The molecule has 136 valence electrons. The van der Waals surface area contributed by atoms with Gasteiger partial charge in [0.05, 0.1) is 12.6 Å². The van der Waals surface area contributed by atoms with Gasteiger partial charge in [-0.15, -0.1) is 24.8 Å². The van der Waals surface area contributed by atoms with Gasteiger partial charge in [-0.3, -0.25) is 9.69 Å². The number of halogens is 3. The summed E-state index contributed by atoms with van der Waals surface area (Å²) in [4.78, 5) is 16.3. The summed E-state index contributed by atoms with van der Waals surface area (Å²) < 4.78 is 18.6. The second kappa shape index (κ2) is 8.34. The third kappa shape index (κ3) is 4.51. The average Bonchev–Trinajstić information content (AvgIpc) is 3.27. The zero-order valence-electron chi connectivity index (χ0n) is 13.7. The lowest BCUT2D eigenvalue weighted by molar-refractivity contribution is -0.135. The Hall–Kier alpha value is -1.08. The summed E-state index contributed by atoms with van der Waals surface area (Å²) >= 11 is 0. The quantitative estimate of drug-likeness (QED) is 0.866. The van der Waals surface area contributed by atoms with Gasteiger partial charge in [-0.2, -0.15) is 0 Å². The molecule has 1 saturated carbocycles. The molecule has 2 fully saturated rings. The second-order valence-corrected chi connectivity index (χ2v) is 6.19. The van der Waals surface area contributed by atoms with Gasteiger partial charge in [-0.05, 0) is 30.5 Å². The Morgan fingerprint density at radius 1 is 1.25 bits per heavy atom. The maximum Gasteiger partial charge on any atom is 0.242 e. The van der Waals surface area contributed by atoms with E-state index >= 15 is 0 Å². The normalized spacial score (nSPS) is 19.0. The summed E-state index contributed by atoms with van der Waals surface area (Å²) in [6.45, 7) is 3.63. The number of rotatable bonds is 4. The highest BCUT2D eigenvalue weighted by Gasteiger charge is 2.48. The molecule has 1 heterocycles. The van der Waals surface area contributed by atoms with E-state index in [1.54, 1.807) is 6.07 Å². The molecule has 0 radical (unpaired) electrons. The van der Waals surface area contributed by atoms with E-state index in [4.69, 9.17) is 10.5 Å². The van der Waals surface area contributed by atoms with Gasteiger partial charge in [0.1, 0.15) is 0 Å². The van der Waals surface area contributed by atoms with Crippen LogP contribution in [0, 0.1) is 5.82 Å². The van der Waals surface area contributed by atoms with E-state index in [1.807, 2.05) is 11.0 Å². The van der Waals surface area contributed by atoms with Crippen molar-refractivity contribution in [2.75, 3.05) is 33.3 Å². The van der Waals surface area contributed by atoms with Crippen molar-refractivity contribution in [2.45, 2.75) is 24.9 Å². The molecule has 24 heavy (non-hydrogen) atoms. The van der Waals surface area contributed by atoms with Crippen molar-refractivity contribution in [2.24, 2.45) is 5.73 Å². The third-order valence-electron chi connectivity index (χ3n) is 4.50. The Kier molecular flexibility index (Phi) is 7.28. The van der Waals surface area contributed by atoms with Gasteiger partial charge >= 0.3 is 0 Å². The fourth-order valence-electron chi connectivity index (χ4n) is 2.84. The Balaban J connectivity index is 0.00000144. The molecule has 8 heteroatoms. The number of hydrogen-bond acceptors (Lipinski definition) is 4. The highest BCUT2D eigenvalue weighted by atomic mass is 35.5. The van der Waals surface area contributed by atoms with E-state index in [2.05, 4.69) is 4.90 Å². The average molecular weight is 380 g/mol. The van der Waals surface area contributed by atoms with Gasteiger partial charge in [0.25, 0.3) is 0 Å². The first-order valence-corrected chi connectivity index (χ1v) is 7.65. The molecule has 1 aromatic rings. The van der Waals surface area contributed by atoms with E-state index in [-0.39, 0.29) is 42.3 Å². The van der Waals surface area contributed by atoms with Gasteiger partial charge in [0.15, 0.2) is 11.6 Å². The lowest BCUT2D eigenvalue weighted by Crippen LogP contribution is -2.53. The molecule has 1 saturated heterocycles. The molecule has 0 atom stereocenters. The largest absolute Gasteiger partial charge is 0.494 e. The summed E-state index contributed by atoms with van der Waals surface area (Å²) in [5.74, 6) is 0.00658. The molecule has 2 aliphatic rings. The molecule has 1 amide bonds. The van der Waals surface area contributed by atoms with Crippen LogP contribution in [0.1, 0.15) is 18.4 Å². The maximum atomic E-state index is 13.7.